The number of nitrogens with zero attached hydrogens (tertiary/aromatic N) is 1. The number of amides is 1. The molecule has 1 saturated heterocycles. The van der Waals surface area contributed by atoms with Crippen LogP contribution in [0.1, 0.15) is 12.8 Å². The first-order valence-electron chi connectivity index (χ1n) is 5.84. The van der Waals surface area contributed by atoms with E-state index in [1.165, 1.54) is 0 Å². The lowest BCUT2D eigenvalue weighted by molar-refractivity contribution is -0.133. The normalized spacial score (nSPS) is 19.4. The molecular formula is C13H16ClNO2. The van der Waals surface area contributed by atoms with Crippen molar-refractivity contribution in [1.82, 2.24) is 4.90 Å². The number of likely N-dealkylation sites (tertiary alicyclic amines) is 1. The summed E-state index contributed by atoms with van der Waals surface area (Å²) in [6.07, 6.45) is 2.04. The lowest BCUT2D eigenvalue weighted by atomic mass is 10.2. The molecule has 0 aromatic heterocycles. The van der Waals surface area contributed by atoms with Gasteiger partial charge >= 0.3 is 0 Å². The zero-order valence-electron chi connectivity index (χ0n) is 9.64. The van der Waals surface area contributed by atoms with Gasteiger partial charge in [-0.3, -0.25) is 4.79 Å². The number of hydrogen-bond acceptors (Lipinski definition) is 2. The zero-order valence-corrected chi connectivity index (χ0v) is 10.4. The second-order valence-electron chi connectivity index (χ2n) is 4.14. The number of ether oxygens (including phenoxy) is 1. The molecule has 1 fully saturated rings. The molecule has 1 aliphatic rings. The summed E-state index contributed by atoms with van der Waals surface area (Å²) < 4.78 is 5.44. The fourth-order valence-electron chi connectivity index (χ4n) is 2.07. The van der Waals surface area contributed by atoms with Crippen LogP contribution in [0, 0.1) is 0 Å². The predicted molar refractivity (Wildman–Crippen MR) is 67.4 cm³/mol. The van der Waals surface area contributed by atoms with E-state index in [4.69, 9.17) is 16.3 Å². The number of hydrogen-bond donors (Lipinski definition) is 0. The molecule has 92 valence electrons. The van der Waals surface area contributed by atoms with Crippen molar-refractivity contribution in [3.63, 3.8) is 0 Å². The average Bonchev–Trinajstić information content (AvgIpc) is 2.85. The van der Waals surface area contributed by atoms with Crippen molar-refractivity contribution in [2.24, 2.45) is 0 Å². The summed E-state index contributed by atoms with van der Waals surface area (Å²) in [6, 6.07) is 9.56. The number of alkyl halides is 1. The Morgan fingerprint density at radius 3 is 2.88 bits per heavy atom. The number of rotatable bonds is 4. The topological polar surface area (TPSA) is 29.5 Å². The van der Waals surface area contributed by atoms with Crippen LogP contribution >= 0.6 is 11.6 Å². The minimum atomic E-state index is 0.0250. The van der Waals surface area contributed by atoms with Crippen molar-refractivity contribution >= 4 is 17.5 Å². The summed E-state index contributed by atoms with van der Waals surface area (Å²) in [5, 5.41) is 0. The maximum absolute atomic E-state index is 11.9. The van der Waals surface area contributed by atoms with Crippen LogP contribution in [0.15, 0.2) is 30.3 Å². The number of carbonyl (C=O) groups is 1. The number of benzene rings is 1. The summed E-state index contributed by atoms with van der Waals surface area (Å²) in [5.74, 6) is 1.26. The molecule has 1 aliphatic heterocycles. The number of halogens is 1. The fourth-order valence-corrected chi connectivity index (χ4v) is 2.39. The SMILES string of the molecule is O=C(COc1ccccc1)N1CCC[C@H]1CCl. The summed E-state index contributed by atoms with van der Waals surface area (Å²) in [4.78, 5) is 13.8. The average molecular weight is 254 g/mol. The van der Waals surface area contributed by atoms with E-state index in [9.17, 15) is 4.79 Å². The van der Waals surface area contributed by atoms with Gasteiger partial charge < -0.3 is 9.64 Å². The van der Waals surface area contributed by atoms with Crippen LogP contribution in [0.25, 0.3) is 0 Å². The van der Waals surface area contributed by atoms with Gasteiger partial charge in [-0.2, -0.15) is 0 Å². The molecule has 0 bridgehead atoms. The van der Waals surface area contributed by atoms with E-state index in [0.717, 1.165) is 25.1 Å². The highest BCUT2D eigenvalue weighted by atomic mass is 35.5. The Balaban J connectivity index is 1.85. The molecule has 1 amide bonds. The third kappa shape index (κ3) is 3.13. The van der Waals surface area contributed by atoms with E-state index in [0.29, 0.717) is 5.88 Å². The lowest BCUT2D eigenvalue weighted by Gasteiger charge is -2.22. The first-order chi connectivity index (χ1) is 8.31. The van der Waals surface area contributed by atoms with Crippen molar-refractivity contribution in [3.8, 4) is 5.75 Å². The highest BCUT2D eigenvalue weighted by molar-refractivity contribution is 6.18. The molecule has 0 aliphatic carbocycles. The van der Waals surface area contributed by atoms with Gasteiger partial charge in [0.2, 0.25) is 0 Å². The third-order valence-electron chi connectivity index (χ3n) is 2.98. The van der Waals surface area contributed by atoms with Gasteiger partial charge in [0, 0.05) is 18.5 Å². The van der Waals surface area contributed by atoms with E-state index in [-0.39, 0.29) is 18.6 Å². The van der Waals surface area contributed by atoms with Gasteiger partial charge in [0.15, 0.2) is 6.61 Å². The van der Waals surface area contributed by atoms with Crippen LogP contribution in [0.4, 0.5) is 0 Å². The maximum Gasteiger partial charge on any atom is 0.260 e. The Labute approximate surface area is 106 Å². The monoisotopic (exact) mass is 253 g/mol. The molecule has 0 N–H and O–H groups in total. The molecule has 0 spiro atoms. The Kier molecular flexibility index (Phi) is 4.26. The van der Waals surface area contributed by atoms with Gasteiger partial charge in [0.1, 0.15) is 5.75 Å². The van der Waals surface area contributed by atoms with Gasteiger partial charge in [-0.25, -0.2) is 0 Å². The number of para-hydroxylation sites is 1. The van der Waals surface area contributed by atoms with Crippen molar-refractivity contribution in [3.05, 3.63) is 30.3 Å². The van der Waals surface area contributed by atoms with E-state index in [2.05, 4.69) is 0 Å². The first-order valence-corrected chi connectivity index (χ1v) is 6.38. The van der Waals surface area contributed by atoms with Crippen LogP contribution in [0.5, 0.6) is 5.75 Å². The van der Waals surface area contributed by atoms with Gasteiger partial charge in [0.25, 0.3) is 5.91 Å². The quantitative estimate of drug-likeness (QED) is 0.771. The van der Waals surface area contributed by atoms with Crippen molar-refractivity contribution in [1.29, 1.82) is 0 Å². The summed E-state index contributed by atoms with van der Waals surface area (Å²) >= 11 is 5.83. The van der Waals surface area contributed by atoms with Crippen LogP contribution in [-0.2, 0) is 4.79 Å². The van der Waals surface area contributed by atoms with Crippen molar-refractivity contribution in [2.75, 3.05) is 19.0 Å². The van der Waals surface area contributed by atoms with Crippen LogP contribution in [-0.4, -0.2) is 35.9 Å². The summed E-state index contributed by atoms with van der Waals surface area (Å²) in [5.41, 5.74) is 0. The van der Waals surface area contributed by atoms with Crippen LogP contribution < -0.4 is 4.74 Å². The highest BCUT2D eigenvalue weighted by Gasteiger charge is 2.27. The minimum Gasteiger partial charge on any atom is -0.484 e. The van der Waals surface area contributed by atoms with Crippen LogP contribution in [0.2, 0.25) is 0 Å². The Morgan fingerprint density at radius 1 is 1.41 bits per heavy atom. The predicted octanol–water partition coefficient (Wildman–Crippen LogP) is 2.30. The summed E-state index contributed by atoms with van der Waals surface area (Å²) in [7, 11) is 0. The highest BCUT2D eigenvalue weighted by Crippen LogP contribution is 2.18. The molecule has 0 radical (unpaired) electrons. The Morgan fingerprint density at radius 2 is 2.18 bits per heavy atom. The smallest absolute Gasteiger partial charge is 0.260 e. The second kappa shape index (κ2) is 5.92. The van der Waals surface area contributed by atoms with Gasteiger partial charge in [-0.05, 0) is 25.0 Å². The van der Waals surface area contributed by atoms with Crippen molar-refractivity contribution in [2.45, 2.75) is 18.9 Å². The van der Waals surface area contributed by atoms with E-state index < -0.39 is 0 Å². The molecule has 1 aromatic rings. The molecule has 2 rings (SSSR count). The van der Waals surface area contributed by atoms with Crippen LogP contribution in [0.3, 0.4) is 0 Å². The van der Waals surface area contributed by atoms with Gasteiger partial charge in [-0.1, -0.05) is 18.2 Å². The third-order valence-corrected chi connectivity index (χ3v) is 3.34. The second-order valence-corrected chi connectivity index (χ2v) is 4.45. The molecule has 0 unspecified atom stereocenters. The van der Waals surface area contributed by atoms with Gasteiger partial charge in [0.05, 0.1) is 0 Å². The van der Waals surface area contributed by atoms with E-state index in [1.807, 2.05) is 35.2 Å². The molecule has 1 aromatic carbocycles. The minimum absolute atomic E-state index is 0.0250. The van der Waals surface area contributed by atoms with E-state index >= 15 is 0 Å². The van der Waals surface area contributed by atoms with Crippen molar-refractivity contribution < 1.29 is 9.53 Å². The molecule has 1 heterocycles. The first kappa shape index (κ1) is 12.2. The van der Waals surface area contributed by atoms with E-state index in [1.54, 1.807) is 0 Å². The Hall–Kier alpha value is -1.22. The molecule has 0 saturated carbocycles. The molecule has 17 heavy (non-hydrogen) atoms. The zero-order chi connectivity index (χ0) is 12.1. The standard InChI is InChI=1S/C13H16ClNO2/c14-9-11-5-4-8-15(11)13(16)10-17-12-6-2-1-3-7-12/h1-3,6-7,11H,4-5,8-10H2/t11-/m0/s1. The lowest BCUT2D eigenvalue weighted by Crippen LogP contribution is -2.39. The largest absolute Gasteiger partial charge is 0.484 e. The molecular weight excluding hydrogens is 238 g/mol. The van der Waals surface area contributed by atoms with Gasteiger partial charge in [-0.15, -0.1) is 11.6 Å². The Bertz CT molecular complexity index is 369. The summed E-state index contributed by atoms with van der Waals surface area (Å²) in [6.45, 7) is 0.895. The molecule has 4 heteroatoms. The molecule has 1 atom stereocenters. The fraction of sp³-hybridized carbons (Fsp3) is 0.462. The number of carbonyl (C=O) groups excluding carboxylic acids is 1. The molecule has 3 nitrogen and oxygen atoms in total. The maximum atomic E-state index is 11.9.